The Morgan fingerprint density at radius 3 is 2.79 bits per heavy atom. The molecule has 2 aromatic heterocycles. The lowest BCUT2D eigenvalue weighted by Gasteiger charge is -2.47. The van der Waals surface area contributed by atoms with E-state index < -0.39 is 12.1 Å². The van der Waals surface area contributed by atoms with Gasteiger partial charge in [-0.2, -0.15) is 0 Å². The number of fused-ring (bicyclic) bond motifs is 4. The molecule has 7 heteroatoms. The first kappa shape index (κ1) is 19.7. The van der Waals surface area contributed by atoms with E-state index in [0.29, 0.717) is 17.9 Å². The van der Waals surface area contributed by atoms with Gasteiger partial charge in [0.15, 0.2) is 0 Å². The number of nitrogens with one attached hydrogen (secondary N) is 1. The van der Waals surface area contributed by atoms with Gasteiger partial charge in [-0.15, -0.1) is 0 Å². The van der Waals surface area contributed by atoms with Crippen LogP contribution in [0.15, 0.2) is 71.3 Å². The maximum atomic E-state index is 13.7. The SMILES string of the molecule is COc1cccc(C2c3[nH]c4ccccc4c3CC3C(=O)N(Cc4ccco4)CC(=O)N32)c1. The van der Waals surface area contributed by atoms with Crippen molar-refractivity contribution in [2.75, 3.05) is 13.7 Å². The van der Waals surface area contributed by atoms with Gasteiger partial charge < -0.3 is 23.9 Å². The highest BCUT2D eigenvalue weighted by Crippen LogP contribution is 2.43. The second-order valence-corrected chi connectivity index (χ2v) is 8.54. The standard InChI is InChI=1S/C26H23N3O4/c1-32-17-7-4-6-16(12-17)25-24-20(19-9-2-3-10-21(19)27-24)13-22-26(31)28(15-23(30)29(22)25)14-18-8-5-11-33-18/h2-12,22,25,27H,13-15H2,1H3. The van der Waals surface area contributed by atoms with E-state index in [1.807, 2.05) is 48.5 Å². The van der Waals surface area contributed by atoms with E-state index in [0.717, 1.165) is 27.7 Å². The topological polar surface area (TPSA) is 78.8 Å². The predicted octanol–water partition coefficient (Wildman–Crippen LogP) is 3.65. The van der Waals surface area contributed by atoms with E-state index >= 15 is 0 Å². The number of amides is 2. The highest BCUT2D eigenvalue weighted by molar-refractivity contribution is 5.97. The highest BCUT2D eigenvalue weighted by atomic mass is 16.5. The summed E-state index contributed by atoms with van der Waals surface area (Å²) in [4.78, 5) is 34.1. The number of hydrogen-bond donors (Lipinski definition) is 1. The number of piperazine rings is 1. The van der Waals surface area contributed by atoms with Crippen LogP contribution in [0.2, 0.25) is 0 Å². The van der Waals surface area contributed by atoms with Crippen LogP contribution in [-0.2, 0) is 22.6 Å². The van der Waals surface area contributed by atoms with Crippen molar-refractivity contribution < 1.29 is 18.7 Å². The minimum Gasteiger partial charge on any atom is -0.497 e. The van der Waals surface area contributed by atoms with Crippen LogP contribution in [0.25, 0.3) is 10.9 Å². The molecule has 0 aliphatic carbocycles. The Morgan fingerprint density at radius 2 is 1.97 bits per heavy atom. The Morgan fingerprint density at radius 1 is 1.09 bits per heavy atom. The number of furan rings is 1. The predicted molar refractivity (Wildman–Crippen MR) is 122 cm³/mol. The van der Waals surface area contributed by atoms with Crippen molar-refractivity contribution in [3.05, 3.63) is 89.5 Å². The average molecular weight is 441 g/mol. The summed E-state index contributed by atoms with van der Waals surface area (Å²) in [5.41, 5.74) is 3.96. The van der Waals surface area contributed by atoms with Crippen LogP contribution in [0.3, 0.4) is 0 Å². The quantitative estimate of drug-likeness (QED) is 0.524. The molecule has 1 N–H and O–H groups in total. The van der Waals surface area contributed by atoms with Crippen molar-refractivity contribution in [3.8, 4) is 5.75 Å². The van der Waals surface area contributed by atoms with Gasteiger partial charge in [-0.1, -0.05) is 30.3 Å². The molecule has 2 unspecified atom stereocenters. The summed E-state index contributed by atoms with van der Waals surface area (Å²) in [6.07, 6.45) is 2.05. The summed E-state index contributed by atoms with van der Waals surface area (Å²) in [6.45, 7) is 0.304. The average Bonchev–Trinajstić information content (AvgIpc) is 3.48. The van der Waals surface area contributed by atoms with Crippen molar-refractivity contribution in [3.63, 3.8) is 0 Å². The normalized spacial score (nSPS) is 20.2. The molecular weight excluding hydrogens is 418 g/mol. The largest absolute Gasteiger partial charge is 0.497 e. The Labute approximate surface area is 190 Å². The summed E-state index contributed by atoms with van der Waals surface area (Å²) >= 11 is 0. The Kier molecular flexibility index (Phi) is 4.50. The first-order chi connectivity index (χ1) is 16.1. The number of nitrogens with zero attached hydrogens (tertiary/aromatic N) is 2. The number of hydrogen-bond acceptors (Lipinski definition) is 4. The summed E-state index contributed by atoms with van der Waals surface area (Å²) in [6, 6.07) is 18.4. The van der Waals surface area contributed by atoms with Crippen LogP contribution in [-0.4, -0.2) is 46.3 Å². The summed E-state index contributed by atoms with van der Waals surface area (Å²) in [5, 5.41) is 1.09. The molecule has 0 saturated carbocycles. The fourth-order valence-corrected chi connectivity index (χ4v) is 5.21. The molecule has 2 aromatic carbocycles. The van der Waals surface area contributed by atoms with E-state index in [9.17, 15) is 9.59 Å². The first-order valence-corrected chi connectivity index (χ1v) is 11.0. The number of aromatic nitrogens is 1. The highest BCUT2D eigenvalue weighted by Gasteiger charge is 2.48. The monoisotopic (exact) mass is 441 g/mol. The summed E-state index contributed by atoms with van der Waals surface area (Å²) in [7, 11) is 1.62. The van der Waals surface area contributed by atoms with Crippen LogP contribution in [0.5, 0.6) is 5.75 Å². The molecule has 4 heterocycles. The maximum absolute atomic E-state index is 13.7. The van der Waals surface area contributed by atoms with Gasteiger partial charge >= 0.3 is 0 Å². The van der Waals surface area contributed by atoms with Crippen LogP contribution in [0, 0.1) is 0 Å². The number of methoxy groups -OCH3 is 1. The Bertz CT molecular complexity index is 1360. The van der Waals surface area contributed by atoms with Crippen molar-refractivity contribution in [2.45, 2.75) is 25.0 Å². The first-order valence-electron chi connectivity index (χ1n) is 11.0. The zero-order chi connectivity index (χ0) is 22.5. The Balaban J connectivity index is 1.49. The zero-order valence-electron chi connectivity index (χ0n) is 18.2. The lowest BCUT2D eigenvalue weighted by atomic mass is 9.86. The fourth-order valence-electron chi connectivity index (χ4n) is 5.21. The number of aromatic amines is 1. The Hall–Kier alpha value is -4.00. The molecule has 0 radical (unpaired) electrons. The van der Waals surface area contributed by atoms with Crippen LogP contribution >= 0.6 is 0 Å². The molecule has 1 fully saturated rings. The summed E-state index contributed by atoms with van der Waals surface area (Å²) in [5.74, 6) is 1.23. The van der Waals surface area contributed by atoms with Gasteiger partial charge in [0.1, 0.15) is 24.1 Å². The molecule has 2 aliphatic rings. The molecule has 33 heavy (non-hydrogen) atoms. The number of ether oxygens (including phenoxy) is 1. The molecule has 2 atom stereocenters. The van der Waals surface area contributed by atoms with Gasteiger partial charge in [-0.05, 0) is 41.5 Å². The van der Waals surface area contributed by atoms with E-state index in [2.05, 4.69) is 11.1 Å². The smallest absolute Gasteiger partial charge is 0.246 e. The van der Waals surface area contributed by atoms with Gasteiger partial charge in [0.05, 0.1) is 26.0 Å². The molecule has 0 spiro atoms. The lowest BCUT2D eigenvalue weighted by Crippen LogP contribution is -2.62. The van der Waals surface area contributed by atoms with E-state index in [1.165, 1.54) is 0 Å². The molecule has 7 nitrogen and oxygen atoms in total. The van der Waals surface area contributed by atoms with Crippen molar-refractivity contribution in [1.29, 1.82) is 0 Å². The molecule has 2 amide bonds. The van der Waals surface area contributed by atoms with Crippen LogP contribution in [0.1, 0.15) is 28.6 Å². The number of H-pyrrole nitrogens is 1. The molecule has 2 aliphatic heterocycles. The van der Waals surface area contributed by atoms with Gasteiger partial charge in [-0.3, -0.25) is 9.59 Å². The number of rotatable bonds is 4. The van der Waals surface area contributed by atoms with Gasteiger partial charge in [-0.25, -0.2) is 0 Å². The number of carbonyl (C=O) groups excluding carboxylic acids is 2. The zero-order valence-corrected chi connectivity index (χ0v) is 18.2. The van der Waals surface area contributed by atoms with Gasteiger partial charge in [0.2, 0.25) is 11.8 Å². The number of carbonyl (C=O) groups is 2. The molecule has 6 rings (SSSR count). The second-order valence-electron chi connectivity index (χ2n) is 8.54. The van der Waals surface area contributed by atoms with E-state index in [-0.39, 0.29) is 24.9 Å². The van der Waals surface area contributed by atoms with Crippen molar-refractivity contribution in [1.82, 2.24) is 14.8 Å². The van der Waals surface area contributed by atoms with Gasteiger partial charge in [0.25, 0.3) is 0 Å². The molecule has 0 bridgehead atoms. The van der Waals surface area contributed by atoms with Crippen molar-refractivity contribution in [2.24, 2.45) is 0 Å². The number of para-hydroxylation sites is 1. The minimum absolute atomic E-state index is 0.0199. The second kappa shape index (κ2) is 7.55. The third-order valence-corrected chi connectivity index (χ3v) is 6.68. The van der Waals surface area contributed by atoms with Gasteiger partial charge in [0, 0.05) is 23.0 Å². The van der Waals surface area contributed by atoms with E-state index in [4.69, 9.17) is 9.15 Å². The summed E-state index contributed by atoms with van der Waals surface area (Å²) < 4.78 is 10.9. The van der Waals surface area contributed by atoms with E-state index in [1.54, 1.807) is 29.2 Å². The number of benzene rings is 2. The third-order valence-electron chi connectivity index (χ3n) is 6.68. The molecule has 166 valence electrons. The maximum Gasteiger partial charge on any atom is 0.246 e. The fraction of sp³-hybridized carbons (Fsp3) is 0.231. The van der Waals surface area contributed by atoms with Crippen molar-refractivity contribution >= 4 is 22.7 Å². The third kappa shape index (κ3) is 3.11. The minimum atomic E-state index is -0.580. The van der Waals surface area contributed by atoms with Crippen LogP contribution in [0.4, 0.5) is 0 Å². The molecule has 1 saturated heterocycles. The molecular formula is C26H23N3O4. The molecule has 4 aromatic rings. The van der Waals surface area contributed by atoms with Crippen LogP contribution < -0.4 is 4.74 Å². The lowest BCUT2D eigenvalue weighted by molar-refractivity contribution is -0.159.